The third-order valence-electron chi connectivity index (χ3n) is 5.26. The van der Waals surface area contributed by atoms with E-state index in [1.165, 1.54) is 0 Å². The maximum Gasteiger partial charge on any atom is 0.321 e. The van der Waals surface area contributed by atoms with Crippen LogP contribution in [0.5, 0.6) is 0 Å². The van der Waals surface area contributed by atoms with E-state index in [4.69, 9.17) is 0 Å². The topological polar surface area (TPSA) is 110 Å². The molecular formula is C24H26N6O3S. The summed E-state index contributed by atoms with van der Waals surface area (Å²) in [5, 5.41) is 14.5. The van der Waals surface area contributed by atoms with E-state index in [0.29, 0.717) is 28.4 Å². The van der Waals surface area contributed by atoms with Gasteiger partial charge in [0, 0.05) is 6.54 Å². The Balaban J connectivity index is 1.73. The van der Waals surface area contributed by atoms with Gasteiger partial charge < -0.3 is 5.32 Å². The molecule has 10 heteroatoms. The number of rotatable bonds is 6. The van der Waals surface area contributed by atoms with Gasteiger partial charge in [-0.2, -0.15) is 0 Å². The molecule has 0 unspecified atom stereocenters. The van der Waals surface area contributed by atoms with E-state index in [1.54, 1.807) is 15.0 Å². The highest BCUT2D eigenvalue weighted by atomic mass is 32.2. The Hall–Kier alpha value is -3.66. The first-order chi connectivity index (χ1) is 16.3. The molecule has 0 spiro atoms. The molecule has 2 heterocycles. The van der Waals surface area contributed by atoms with Crippen LogP contribution in [-0.2, 0) is 4.79 Å². The van der Waals surface area contributed by atoms with Gasteiger partial charge in [-0.1, -0.05) is 49.9 Å². The lowest BCUT2D eigenvalue weighted by molar-refractivity contribution is -0.117. The first kappa shape index (κ1) is 23.5. The summed E-state index contributed by atoms with van der Waals surface area (Å²) >= 11 is 1.14. The summed E-state index contributed by atoms with van der Waals surface area (Å²) in [6, 6.07) is 12.6. The van der Waals surface area contributed by atoms with E-state index in [0.717, 1.165) is 28.6 Å². The van der Waals surface area contributed by atoms with Crippen molar-refractivity contribution in [2.45, 2.75) is 32.9 Å². The Kier molecular flexibility index (Phi) is 6.69. The monoisotopic (exact) mass is 478 g/mol. The Bertz CT molecular complexity index is 1460. The number of nitrogens with zero attached hydrogens (tertiary/aromatic N) is 4. The van der Waals surface area contributed by atoms with Gasteiger partial charge in [0.1, 0.15) is 0 Å². The average molecular weight is 479 g/mol. The fraction of sp³-hybridized carbons (Fsp3) is 0.292. The highest BCUT2D eigenvalue weighted by Crippen LogP contribution is 2.24. The molecular weight excluding hydrogens is 452 g/mol. The number of carbonyl (C=O) groups is 2. The van der Waals surface area contributed by atoms with Crippen LogP contribution in [0.2, 0.25) is 0 Å². The molecule has 0 saturated heterocycles. The minimum atomic E-state index is -0.528. The number of thioether (sulfide) groups is 1. The number of fused-ring (bicyclic) bond motifs is 3. The smallest absolute Gasteiger partial charge is 0.321 e. The number of nitrogens with one attached hydrogen (secondary N) is 2. The van der Waals surface area contributed by atoms with Crippen LogP contribution in [0.4, 0.5) is 4.79 Å². The van der Waals surface area contributed by atoms with Crippen molar-refractivity contribution in [3.8, 4) is 5.69 Å². The number of hydrogen-bond donors (Lipinski definition) is 2. The average Bonchev–Trinajstić information content (AvgIpc) is 3.22. The molecule has 0 aliphatic carbocycles. The lowest BCUT2D eigenvalue weighted by atomic mass is 10.1. The van der Waals surface area contributed by atoms with E-state index >= 15 is 0 Å². The zero-order valence-electron chi connectivity index (χ0n) is 19.5. The van der Waals surface area contributed by atoms with E-state index in [9.17, 15) is 14.4 Å². The molecule has 0 bridgehead atoms. The lowest BCUT2D eigenvalue weighted by Gasteiger charge is -2.14. The van der Waals surface area contributed by atoms with Gasteiger partial charge in [0.25, 0.3) is 5.56 Å². The van der Waals surface area contributed by atoms with Gasteiger partial charge in [-0.15, -0.1) is 10.2 Å². The minimum Gasteiger partial charge on any atom is -0.338 e. The van der Waals surface area contributed by atoms with Gasteiger partial charge in [0.15, 0.2) is 5.16 Å². The normalized spacial score (nSPS) is 11.3. The second-order valence-electron chi connectivity index (χ2n) is 8.51. The van der Waals surface area contributed by atoms with Crippen LogP contribution in [-0.4, -0.2) is 43.4 Å². The molecule has 4 rings (SSSR count). The standard InChI is InChI=1S/C24H26N6O3S/c1-14(2)12-25-22(33)26-20(31)13-34-24-28-27-23-29(19-11-15(3)9-10-16(19)4)21(32)17-7-5-6-8-18(17)30(23)24/h5-11,14H,12-13H2,1-4H3,(H2,25,26,31,33). The summed E-state index contributed by atoms with van der Waals surface area (Å²) in [5.41, 5.74) is 3.12. The molecule has 9 nitrogen and oxygen atoms in total. The largest absolute Gasteiger partial charge is 0.338 e. The highest BCUT2D eigenvalue weighted by molar-refractivity contribution is 7.99. The number of amides is 3. The molecule has 0 saturated carbocycles. The number of benzene rings is 2. The van der Waals surface area contributed by atoms with Crippen molar-refractivity contribution in [1.29, 1.82) is 0 Å². The molecule has 0 fully saturated rings. The van der Waals surface area contributed by atoms with Crippen molar-refractivity contribution in [3.05, 3.63) is 63.9 Å². The van der Waals surface area contributed by atoms with Crippen LogP contribution in [0.25, 0.3) is 22.4 Å². The first-order valence-corrected chi connectivity index (χ1v) is 11.9. The van der Waals surface area contributed by atoms with Crippen LogP contribution < -0.4 is 16.2 Å². The molecule has 2 aromatic carbocycles. The maximum atomic E-state index is 13.5. The SMILES string of the molecule is Cc1ccc(C)c(-n2c(=O)c3ccccc3n3c(SCC(=O)NC(=O)NCC(C)C)nnc23)c1. The van der Waals surface area contributed by atoms with Crippen LogP contribution in [0.15, 0.2) is 52.4 Å². The number of carbonyl (C=O) groups excluding carboxylic acids is 2. The number of aromatic nitrogens is 4. The third kappa shape index (κ3) is 4.67. The molecule has 4 aromatic rings. The highest BCUT2D eigenvalue weighted by Gasteiger charge is 2.20. The van der Waals surface area contributed by atoms with Crippen molar-refractivity contribution in [2.24, 2.45) is 5.92 Å². The predicted molar refractivity (Wildman–Crippen MR) is 133 cm³/mol. The molecule has 2 N–H and O–H groups in total. The van der Waals surface area contributed by atoms with E-state index in [2.05, 4.69) is 20.8 Å². The number of hydrogen-bond acceptors (Lipinski definition) is 6. The Morgan fingerprint density at radius 3 is 2.62 bits per heavy atom. The minimum absolute atomic E-state index is 0.0349. The van der Waals surface area contributed by atoms with Crippen molar-refractivity contribution >= 4 is 40.4 Å². The molecule has 2 aromatic heterocycles. The van der Waals surface area contributed by atoms with Crippen LogP contribution in [0.1, 0.15) is 25.0 Å². The Morgan fingerprint density at radius 2 is 1.85 bits per heavy atom. The van der Waals surface area contributed by atoms with Gasteiger partial charge >= 0.3 is 6.03 Å². The van der Waals surface area contributed by atoms with Crippen molar-refractivity contribution in [3.63, 3.8) is 0 Å². The number of aryl methyl sites for hydroxylation is 2. The van der Waals surface area contributed by atoms with Crippen LogP contribution >= 0.6 is 11.8 Å². The first-order valence-electron chi connectivity index (χ1n) is 10.9. The summed E-state index contributed by atoms with van der Waals surface area (Å²) in [4.78, 5) is 37.7. The van der Waals surface area contributed by atoms with E-state index < -0.39 is 11.9 Å². The van der Waals surface area contributed by atoms with Gasteiger partial charge in [-0.05, 0) is 49.1 Å². The second-order valence-corrected chi connectivity index (χ2v) is 9.45. The van der Waals surface area contributed by atoms with Crippen molar-refractivity contribution in [2.75, 3.05) is 12.3 Å². The van der Waals surface area contributed by atoms with Gasteiger partial charge in [0.2, 0.25) is 11.7 Å². The molecule has 0 aliphatic rings. The zero-order valence-corrected chi connectivity index (χ0v) is 20.3. The van der Waals surface area contributed by atoms with Crippen molar-refractivity contribution in [1.82, 2.24) is 29.8 Å². The summed E-state index contributed by atoms with van der Waals surface area (Å²) in [7, 11) is 0. The van der Waals surface area contributed by atoms with E-state index in [1.807, 2.05) is 64.1 Å². The second kappa shape index (κ2) is 9.68. The quantitative estimate of drug-likeness (QED) is 0.412. The molecule has 0 atom stereocenters. The molecule has 0 radical (unpaired) electrons. The Labute approximate surface area is 200 Å². The van der Waals surface area contributed by atoms with Gasteiger partial charge in [-0.25, -0.2) is 9.36 Å². The summed E-state index contributed by atoms with van der Waals surface area (Å²) < 4.78 is 3.33. The fourth-order valence-corrected chi connectivity index (χ4v) is 4.32. The zero-order chi connectivity index (χ0) is 24.4. The van der Waals surface area contributed by atoms with Crippen LogP contribution in [0, 0.1) is 19.8 Å². The third-order valence-corrected chi connectivity index (χ3v) is 6.19. The molecule has 176 valence electrons. The summed E-state index contributed by atoms with van der Waals surface area (Å²) in [5.74, 6) is 0.151. The van der Waals surface area contributed by atoms with E-state index in [-0.39, 0.29) is 17.2 Å². The summed E-state index contributed by atoms with van der Waals surface area (Å²) in [6.07, 6.45) is 0. The molecule has 3 amide bonds. The fourth-order valence-electron chi connectivity index (χ4n) is 3.58. The van der Waals surface area contributed by atoms with Gasteiger partial charge in [-0.3, -0.25) is 19.3 Å². The number of imide groups is 1. The Morgan fingerprint density at radius 1 is 1.09 bits per heavy atom. The molecule has 0 aliphatic heterocycles. The maximum absolute atomic E-state index is 13.5. The van der Waals surface area contributed by atoms with Crippen LogP contribution in [0.3, 0.4) is 0 Å². The number of para-hydroxylation sites is 1. The predicted octanol–water partition coefficient (Wildman–Crippen LogP) is 3.22. The van der Waals surface area contributed by atoms with Crippen molar-refractivity contribution < 1.29 is 9.59 Å². The molecule has 34 heavy (non-hydrogen) atoms. The summed E-state index contributed by atoms with van der Waals surface area (Å²) in [6.45, 7) is 8.32. The lowest BCUT2D eigenvalue weighted by Crippen LogP contribution is -2.41. The van der Waals surface area contributed by atoms with Gasteiger partial charge in [0.05, 0.1) is 22.3 Å². The number of urea groups is 1.